The van der Waals surface area contributed by atoms with Crippen LogP contribution in [0.5, 0.6) is 0 Å². The summed E-state index contributed by atoms with van der Waals surface area (Å²) in [4.78, 5) is 12.9. The van der Waals surface area contributed by atoms with Crippen LogP contribution in [0.15, 0.2) is 36.3 Å². The molecule has 112 valence electrons. The molecular formula is C13H21N3O4. The van der Waals surface area contributed by atoms with Gasteiger partial charge >= 0.3 is 6.03 Å². The molecule has 0 bridgehead atoms. The van der Waals surface area contributed by atoms with E-state index in [1.165, 1.54) is 6.26 Å². The number of hydrogen-bond acceptors (Lipinski definition) is 5. The van der Waals surface area contributed by atoms with Gasteiger partial charge in [-0.05, 0) is 17.7 Å². The average Bonchev–Trinajstić information content (AvgIpc) is 2.85. The Morgan fingerprint density at radius 1 is 1.55 bits per heavy atom. The minimum absolute atomic E-state index is 0.0431. The third-order valence-electron chi connectivity index (χ3n) is 2.61. The summed E-state index contributed by atoms with van der Waals surface area (Å²) in [6.45, 7) is 2.73. The van der Waals surface area contributed by atoms with Crippen molar-refractivity contribution in [1.29, 1.82) is 0 Å². The number of nitrogens with zero attached hydrogens (tertiary/aromatic N) is 1. The molecule has 1 heterocycles. The van der Waals surface area contributed by atoms with Gasteiger partial charge in [0.2, 0.25) is 0 Å². The van der Waals surface area contributed by atoms with E-state index in [4.69, 9.17) is 14.7 Å². The first-order chi connectivity index (χ1) is 9.77. The smallest absolute Gasteiger partial charge is 0.317 e. The lowest BCUT2D eigenvalue weighted by atomic mass is 10.2. The van der Waals surface area contributed by atoms with Crippen LogP contribution in [0, 0.1) is 0 Å². The van der Waals surface area contributed by atoms with Gasteiger partial charge in [0.05, 0.1) is 26.2 Å². The monoisotopic (exact) mass is 283 g/mol. The molecule has 20 heavy (non-hydrogen) atoms. The number of nitrogens with one attached hydrogen (secondary N) is 2. The van der Waals surface area contributed by atoms with E-state index in [1.54, 1.807) is 36.5 Å². The van der Waals surface area contributed by atoms with E-state index in [9.17, 15) is 4.79 Å². The fourth-order valence-electron chi connectivity index (χ4n) is 1.59. The van der Waals surface area contributed by atoms with Crippen molar-refractivity contribution in [2.24, 2.45) is 0 Å². The Morgan fingerprint density at radius 2 is 2.40 bits per heavy atom. The SMILES string of the molecule is CO/C=C/C(=C\C=C\OCCN1CCNC1=O)CNO. The number of carbonyl (C=O) groups excluding carboxylic acids is 1. The van der Waals surface area contributed by atoms with Crippen LogP contribution in [0.1, 0.15) is 0 Å². The van der Waals surface area contributed by atoms with E-state index in [2.05, 4.69) is 10.8 Å². The lowest BCUT2D eigenvalue weighted by Gasteiger charge is -2.12. The van der Waals surface area contributed by atoms with E-state index in [1.807, 2.05) is 0 Å². The Kier molecular flexibility index (Phi) is 7.93. The third-order valence-corrected chi connectivity index (χ3v) is 2.61. The van der Waals surface area contributed by atoms with Gasteiger partial charge in [0, 0.05) is 19.6 Å². The highest BCUT2D eigenvalue weighted by Crippen LogP contribution is 1.98. The summed E-state index contributed by atoms with van der Waals surface area (Å²) in [5.41, 5.74) is 2.90. The first kappa shape index (κ1) is 16.1. The predicted molar refractivity (Wildman–Crippen MR) is 74.1 cm³/mol. The fraction of sp³-hybridized carbons (Fsp3) is 0.462. The zero-order valence-electron chi connectivity index (χ0n) is 11.5. The molecule has 0 aromatic rings. The molecule has 7 heteroatoms. The third kappa shape index (κ3) is 6.26. The topological polar surface area (TPSA) is 83.1 Å². The summed E-state index contributed by atoms with van der Waals surface area (Å²) >= 11 is 0. The average molecular weight is 283 g/mol. The minimum atomic E-state index is -0.0431. The van der Waals surface area contributed by atoms with Crippen LogP contribution in [-0.4, -0.2) is 56.0 Å². The summed E-state index contributed by atoms with van der Waals surface area (Å²) in [5, 5.41) is 11.4. The van der Waals surface area contributed by atoms with E-state index < -0.39 is 0 Å². The lowest BCUT2D eigenvalue weighted by Crippen LogP contribution is -2.30. The fourth-order valence-corrected chi connectivity index (χ4v) is 1.59. The van der Waals surface area contributed by atoms with Crippen LogP contribution in [-0.2, 0) is 9.47 Å². The Morgan fingerprint density at radius 3 is 3.05 bits per heavy atom. The Hall–Kier alpha value is -1.99. The Bertz CT molecular complexity index is 380. The normalized spacial score (nSPS) is 16.2. The van der Waals surface area contributed by atoms with Crippen LogP contribution >= 0.6 is 0 Å². The number of hydroxylamine groups is 1. The van der Waals surface area contributed by atoms with Gasteiger partial charge in [-0.15, -0.1) is 0 Å². The highest BCUT2D eigenvalue weighted by atomic mass is 16.5. The summed E-state index contributed by atoms with van der Waals surface area (Å²) in [6.07, 6.45) is 8.29. The summed E-state index contributed by atoms with van der Waals surface area (Å²) < 4.78 is 10.1. The molecule has 0 radical (unpaired) electrons. The standard InChI is InChI=1S/C13H21N3O4/c1-19-9-4-12(11-15-18)3-2-8-20-10-7-16-6-5-14-13(16)17/h2-4,8-9,15,18H,5-7,10-11H2,1H3,(H,14,17)/b8-2+,9-4+,12-3+. The number of amides is 2. The number of allylic oxidation sites excluding steroid dienone is 2. The second-order valence-corrected chi connectivity index (χ2v) is 4.03. The van der Waals surface area contributed by atoms with E-state index >= 15 is 0 Å². The number of methoxy groups -OCH3 is 1. The molecule has 1 saturated heterocycles. The van der Waals surface area contributed by atoms with Gasteiger partial charge in [0.25, 0.3) is 0 Å². The van der Waals surface area contributed by atoms with Crippen molar-refractivity contribution in [3.05, 3.63) is 36.3 Å². The van der Waals surface area contributed by atoms with E-state index in [-0.39, 0.29) is 6.03 Å². The maximum absolute atomic E-state index is 11.2. The molecule has 0 aliphatic carbocycles. The second kappa shape index (κ2) is 9.88. The van der Waals surface area contributed by atoms with Gasteiger partial charge in [-0.25, -0.2) is 10.3 Å². The second-order valence-electron chi connectivity index (χ2n) is 4.03. The van der Waals surface area contributed by atoms with Gasteiger partial charge in [-0.1, -0.05) is 6.08 Å². The van der Waals surface area contributed by atoms with Crippen LogP contribution in [0.2, 0.25) is 0 Å². The maximum Gasteiger partial charge on any atom is 0.317 e. The van der Waals surface area contributed by atoms with Gasteiger partial charge in [-0.2, -0.15) is 0 Å². The molecular weight excluding hydrogens is 262 g/mol. The van der Waals surface area contributed by atoms with Crippen molar-refractivity contribution >= 4 is 6.03 Å². The number of rotatable bonds is 9. The van der Waals surface area contributed by atoms with Crippen LogP contribution in [0.4, 0.5) is 4.79 Å². The number of hydrogen-bond donors (Lipinski definition) is 3. The van der Waals surface area contributed by atoms with Crippen molar-refractivity contribution in [1.82, 2.24) is 15.7 Å². The Labute approximate surface area is 118 Å². The quantitative estimate of drug-likeness (QED) is 0.250. The molecule has 0 aromatic carbocycles. The van der Waals surface area contributed by atoms with Crippen molar-refractivity contribution in [2.45, 2.75) is 0 Å². The van der Waals surface area contributed by atoms with Gasteiger partial charge in [0.15, 0.2) is 0 Å². The molecule has 0 saturated carbocycles. The Balaban J connectivity index is 2.24. The maximum atomic E-state index is 11.2. The van der Waals surface area contributed by atoms with Crippen LogP contribution < -0.4 is 10.8 Å². The molecule has 1 aliphatic heterocycles. The molecule has 0 unspecified atom stereocenters. The van der Waals surface area contributed by atoms with E-state index in [0.717, 1.165) is 12.1 Å². The minimum Gasteiger partial charge on any atom is -0.504 e. The lowest BCUT2D eigenvalue weighted by molar-refractivity contribution is 0.177. The first-order valence-corrected chi connectivity index (χ1v) is 6.34. The van der Waals surface area contributed by atoms with E-state index in [0.29, 0.717) is 26.2 Å². The molecule has 1 aliphatic rings. The molecule has 1 rings (SSSR count). The van der Waals surface area contributed by atoms with Crippen molar-refractivity contribution in [3.8, 4) is 0 Å². The van der Waals surface area contributed by atoms with Gasteiger partial charge in [0.1, 0.15) is 6.61 Å². The number of urea groups is 1. The number of carbonyl (C=O) groups is 1. The molecule has 0 aromatic heterocycles. The zero-order valence-corrected chi connectivity index (χ0v) is 11.5. The summed E-state index contributed by atoms with van der Waals surface area (Å²) in [6, 6.07) is -0.0431. The van der Waals surface area contributed by atoms with Crippen LogP contribution in [0.3, 0.4) is 0 Å². The van der Waals surface area contributed by atoms with Crippen molar-refractivity contribution in [3.63, 3.8) is 0 Å². The van der Waals surface area contributed by atoms with Gasteiger partial charge < -0.3 is 24.9 Å². The molecule has 2 amide bonds. The predicted octanol–water partition coefficient (Wildman–Crippen LogP) is 0.607. The molecule has 3 N–H and O–H groups in total. The largest absolute Gasteiger partial charge is 0.504 e. The number of ether oxygens (including phenoxy) is 2. The molecule has 0 atom stereocenters. The molecule has 1 fully saturated rings. The summed E-state index contributed by atoms with van der Waals surface area (Å²) in [7, 11) is 1.55. The first-order valence-electron chi connectivity index (χ1n) is 6.34. The van der Waals surface area contributed by atoms with Crippen molar-refractivity contribution in [2.75, 3.05) is 39.9 Å². The molecule has 0 spiro atoms. The van der Waals surface area contributed by atoms with Crippen LogP contribution in [0.25, 0.3) is 0 Å². The summed E-state index contributed by atoms with van der Waals surface area (Å²) in [5.74, 6) is 0. The van der Waals surface area contributed by atoms with Gasteiger partial charge in [-0.3, -0.25) is 0 Å². The highest BCUT2D eigenvalue weighted by molar-refractivity contribution is 5.76. The highest BCUT2D eigenvalue weighted by Gasteiger charge is 2.18. The zero-order chi connectivity index (χ0) is 14.6. The molecule has 7 nitrogen and oxygen atoms in total. The van der Waals surface area contributed by atoms with Crippen molar-refractivity contribution < 1.29 is 19.5 Å².